The van der Waals surface area contributed by atoms with Crippen molar-refractivity contribution in [2.75, 3.05) is 30.0 Å². The van der Waals surface area contributed by atoms with Crippen LogP contribution < -0.4 is 11.1 Å². The van der Waals surface area contributed by atoms with Gasteiger partial charge in [-0.15, -0.1) is 0 Å². The molecule has 5 nitrogen and oxygen atoms in total. The molecule has 1 aromatic rings. The molecule has 1 aromatic heterocycles. The second-order valence-electron chi connectivity index (χ2n) is 5.88. The summed E-state index contributed by atoms with van der Waals surface area (Å²) in [6.07, 6.45) is 6.88. The van der Waals surface area contributed by atoms with E-state index >= 15 is 0 Å². The SMILES string of the molecule is CCCCSc1nc(N)cc(NCC2(CO)CCCC2)n1. The first-order chi connectivity index (χ1) is 10.2. The highest BCUT2D eigenvalue weighted by Crippen LogP contribution is 2.37. The largest absolute Gasteiger partial charge is 0.396 e. The summed E-state index contributed by atoms with van der Waals surface area (Å²) >= 11 is 1.64. The van der Waals surface area contributed by atoms with Gasteiger partial charge in [0.05, 0.1) is 6.61 Å². The van der Waals surface area contributed by atoms with Crippen LogP contribution in [0, 0.1) is 5.41 Å². The lowest BCUT2D eigenvalue weighted by Gasteiger charge is -2.26. The molecule has 6 heteroatoms. The first-order valence-corrected chi connectivity index (χ1v) is 8.78. The van der Waals surface area contributed by atoms with Gasteiger partial charge in [-0.1, -0.05) is 37.9 Å². The number of nitrogens with one attached hydrogen (secondary N) is 1. The van der Waals surface area contributed by atoms with Gasteiger partial charge in [-0.3, -0.25) is 0 Å². The first-order valence-electron chi connectivity index (χ1n) is 7.79. The molecule has 0 saturated heterocycles. The van der Waals surface area contributed by atoms with Crippen molar-refractivity contribution >= 4 is 23.4 Å². The Morgan fingerprint density at radius 3 is 2.81 bits per heavy atom. The van der Waals surface area contributed by atoms with Gasteiger partial charge in [0.2, 0.25) is 0 Å². The molecule has 0 bridgehead atoms. The Balaban J connectivity index is 1.95. The zero-order valence-corrected chi connectivity index (χ0v) is 13.6. The minimum atomic E-state index is 0.00916. The Morgan fingerprint density at radius 1 is 1.38 bits per heavy atom. The van der Waals surface area contributed by atoms with Crippen LogP contribution in [0.4, 0.5) is 11.6 Å². The quantitative estimate of drug-likeness (QED) is 0.389. The molecule has 1 heterocycles. The molecule has 0 atom stereocenters. The Morgan fingerprint density at radius 2 is 2.14 bits per heavy atom. The number of hydrogen-bond acceptors (Lipinski definition) is 6. The van der Waals surface area contributed by atoms with Crippen molar-refractivity contribution in [2.45, 2.75) is 50.6 Å². The summed E-state index contributed by atoms with van der Waals surface area (Å²) in [5.74, 6) is 2.28. The number of aliphatic hydroxyl groups is 1. The third kappa shape index (κ3) is 4.74. The van der Waals surface area contributed by atoms with E-state index in [9.17, 15) is 5.11 Å². The fourth-order valence-corrected chi connectivity index (χ4v) is 3.65. The maximum Gasteiger partial charge on any atom is 0.191 e. The van der Waals surface area contributed by atoms with E-state index in [1.54, 1.807) is 17.8 Å². The zero-order valence-electron chi connectivity index (χ0n) is 12.8. The van der Waals surface area contributed by atoms with Gasteiger partial charge in [-0.05, 0) is 19.3 Å². The zero-order chi connectivity index (χ0) is 15.1. The fraction of sp³-hybridized carbons (Fsp3) is 0.733. The van der Waals surface area contributed by atoms with E-state index in [1.807, 2.05) is 0 Å². The van der Waals surface area contributed by atoms with Crippen LogP contribution in [0.15, 0.2) is 11.2 Å². The number of nitrogen functional groups attached to an aromatic ring is 1. The van der Waals surface area contributed by atoms with Crippen molar-refractivity contribution in [2.24, 2.45) is 5.41 Å². The lowest BCUT2D eigenvalue weighted by atomic mass is 9.87. The predicted octanol–water partition coefficient (Wildman–Crippen LogP) is 2.92. The number of rotatable bonds is 8. The average molecular weight is 310 g/mol. The standard InChI is InChI=1S/C15H26N4OS/c1-2-3-8-21-14-18-12(16)9-13(19-14)17-10-15(11-20)6-4-5-7-15/h9,20H,2-8,10-11H2,1H3,(H3,16,17,18,19). The van der Waals surface area contributed by atoms with Gasteiger partial charge in [0, 0.05) is 23.8 Å². The summed E-state index contributed by atoms with van der Waals surface area (Å²) < 4.78 is 0. The lowest BCUT2D eigenvalue weighted by Crippen LogP contribution is -2.30. The topological polar surface area (TPSA) is 84.1 Å². The Labute approximate surface area is 131 Å². The maximum absolute atomic E-state index is 9.65. The predicted molar refractivity (Wildman–Crippen MR) is 88.6 cm³/mol. The molecular formula is C15H26N4OS. The molecule has 0 spiro atoms. The van der Waals surface area contributed by atoms with E-state index in [4.69, 9.17) is 5.73 Å². The van der Waals surface area contributed by atoms with E-state index in [1.165, 1.54) is 19.3 Å². The third-order valence-electron chi connectivity index (χ3n) is 4.10. The van der Waals surface area contributed by atoms with Crippen LogP contribution in [0.5, 0.6) is 0 Å². The second kappa shape index (κ2) is 7.84. The molecule has 1 saturated carbocycles. The Hall–Kier alpha value is -1.01. The van der Waals surface area contributed by atoms with Gasteiger partial charge in [0.1, 0.15) is 11.6 Å². The summed E-state index contributed by atoms with van der Waals surface area (Å²) in [4.78, 5) is 8.77. The van der Waals surface area contributed by atoms with Gasteiger partial charge >= 0.3 is 0 Å². The molecule has 0 aromatic carbocycles. The summed E-state index contributed by atoms with van der Waals surface area (Å²) in [6.45, 7) is 3.15. The normalized spacial score (nSPS) is 17.0. The molecule has 0 unspecified atom stereocenters. The van der Waals surface area contributed by atoms with E-state index in [-0.39, 0.29) is 12.0 Å². The van der Waals surface area contributed by atoms with Crippen LogP contribution in [0.1, 0.15) is 45.4 Å². The molecule has 0 radical (unpaired) electrons. The van der Waals surface area contributed by atoms with E-state index in [0.717, 1.165) is 42.5 Å². The van der Waals surface area contributed by atoms with Crippen LogP contribution in [-0.4, -0.2) is 34.0 Å². The molecule has 0 aliphatic heterocycles. The van der Waals surface area contributed by atoms with Crippen molar-refractivity contribution in [3.05, 3.63) is 6.07 Å². The number of hydrogen-bond donors (Lipinski definition) is 3. The molecule has 2 rings (SSSR count). The number of nitrogens with zero attached hydrogens (tertiary/aromatic N) is 2. The van der Waals surface area contributed by atoms with Crippen LogP contribution in [0.2, 0.25) is 0 Å². The molecule has 118 valence electrons. The van der Waals surface area contributed by atoms with Crippen molar-refractivity contribution in [3.8, 4) is 0 Å². The Kier molecular flexibility index (Phi) is 6.11. The number of aliphatic hydroxyl groups excluding tert-OH is 1. The number of anilines is 2. The molecular weight excluding hydrogens is 284 g/mol. The number of unbranched alkanes of at least 4 members (excludes halogenated alkanes) is 1. The number of aromatic nitrogens is 2. The van der Waals surface area contributed by atoms with Gasteiger partial charge < -0.3 is 16.2 Å². The number of thioether (sulfide) groups is 1. The summed E-state index contributed by atoms with van der Waals surface area (Å²) in [7, 11) is 0. The lowest BCUT2D eigenvalue weighted by molar-refractivity contribution is 0.142. The second-order valence-corrected chi connectivity index (χ2v) is 6.94. The van der Waals surface area contributed by atoms with Gasteiger partial charge in [0.15, 0.2) is 5.16 Å². The van der Waals surface area contributed by atoms with Crippen LogP contribution in [0.3, 0.4) is 0 Å². The summed E-state index contributed by atoms with van der Waals surface area (Å²) in [5.41, 5.74) is 5.87. The molecule has 1 aliphatic carbocycles. The van der Waals surface area contributed by atoms with Crippen LogP contribution in [0.25, 0.3) is 0 Å². The monoisotopic (exact) mass is 310 g/mol. The summed E-state index contributed by atoms with van der Waals surface area (Å²) in [5, 5.41) is 13.7. The van der Waals surface area contributed by atoms with Crippen molar-refractivity contribution in [3.63, 3.8) is 0 Å². The van der Waals surface area contributed by atoms with Crippen LogP contribution >= 0.6 is 11.8 Å². The van der Waals surface area contributed by atoms with Gasteiger partial charge in [0.25, 0.3) is 0 Å². The minimum Gasteiger partial charge on any atom is -0.396 e. The molecule has 0 amide bonds. The highest BCUT2D eigenvalue weighted by molar-refractivity contribution is 7.99. The highest BCUT2D eigenvalue weighted by atomic mass is 32.2. The minimum absolute atomic E-state index is 0.00916. The van der Waals surface area contributed by atoms with Crippen molar-refractivity contribution in [1.82, 2.24) is 9.97 Å². The third-order valence-corrected chi connectivity index (χ3v) is 5.03. The molecule has 1 fully saturated rings. The molecule has 21 heavy (non-hydrogen) atoms. The molecule has 4 N–H and O–H groups in total. The average Bonchev–Trinajstić information content (AvgIpc) is 2.95. The summed E-state index contributed by atoms with van der Waals surface area (Å²) in [6, 6.07) is 1.77. The van der Waals surface area contributed by atoms with E-state index in [0.29, 0.717) is 5.82 Å². The number of nitrogens with two attached hydrogens (primary N) is 1. The molecule has 1 aliphatic rings. The van der Waals surface area contributed by atoms with Crippen molar-refractivity contribution in [1.29, 1.82) is 0 Å². The van der Waals surface area contributed by atoms with Gasteiger partial charge in [-0.25, -0.2) is 9.97 Å². The Bertz CT molecular complexity index is 449. The highest BCUT2D eigenvalue weighted by Gasteiger charge is 2.33. The van der Waals surface area contributed by atoms with E-state index in [2.05, 4.69) is 22.2 Å². The van der Waals surface area contributed by atoms with Crippen LogP contribution in [-0.2, 0) is 0 Å². The first kappa shape index (κ1) is 16.4. The fourth-order valence-electron chi connectivity index (χ4n) is 2.70. The van der Waals surface area contributed by atoms with Gasteiger partial charge in [-0.2, -0.15) is 0 Å². The van der Waals surface area contributed by atoms with Crippen molar-refractivity contribution < 1.29 is 5.11 Å². The smallest absolute Gasteiger partial charge is 0.191 e. The maximum atomic E-state index is 9.65. The van der Waals surface area contributed by atoms with E-state index < -0.39 is 0 Å².